The van der Waals surface area contributed by atoms with Gasteiger partial charge in [0.05, 0.1) is 0 Å². The maximum absolute atomic E-state index is 5.48. The molecule has 2 aromatic rings. The average molecular weight is 514 g/mol. The summed E-state index contributed by atoms with van der Waals surface area (Å²) in [5, 5.41) is 7.17. The molecule has 1 N–H and O–H groups in total. The van der Waals surface area contributed by atoms with Crippen molar-refractivity contribution < 1.29 is 14.0 Å². The number of hydrogen-bond donors (Lipinski definition) is 1. The van der Waals surface area contributed by atoms with E-state index in [1.807, 2.05) is 6.07 Å². The van der Waals surface area contributed by atoms with Crippen LogP contribution in [0.4, 0.5) is 0 Å². The lowest BCUT2D eigenvalue weighted by Gasteiger charge is -2.36. The van der Waals surface area contributed by atoms with E-state index in [0.29, 0.717) is 25.1 Å². The second-order valence-electron chi connectivity index (χ2n) is 6.86. The number of piperazine rings is 1. The predicted molar refractivity (Wildman–Crippen MR) is 119 cm³/mol. The molecule has 2 aliphatic heterocycles. The topological polar surface area (TPSA) is 88.2 Å². The van der Waals surface area contributed by atoms with Crippen molar-refractivity contribution in [3.05, 3.63) is 35.5 Å². The Labute approximate surface area is 187 Å². The van der Waals surface area contributed by atoms with Gasteiger partial charge in [-0.05, 0) is 31.5 Å². The van der Waals surface area contributed by atoms with Gasteiger partial charge in [0.15, 0.2) is 23.3 Å². The Morgan fingerprint density at radius 1 is 1.17 bits per heavy atom. The van der Waals surface area contributed by atoms with Gasteiger partial charge in [-0.25, -0.2) is 4.99 Å². The highest BCUT2D eigenvalue weighted by Crippen LogP contribution is 2.32. The van der Waals surface area contributed by atoms with Crippen LogP contribution in [0.15, 0.2) is 27.7 Å². The third-order valence-electron chi connectivity index (χ3n) is 4.78. The second-order valence-corrected chi connectivity index (χ2v) is 6.86. The largest absolute Gasteiger partial charge is 0.454 e. The van der Waals surface area contributed by atoms with Gasteiger partial charge in [0.2, 0.25) is 12.7 Å². The molecule has 29 heavy (non-hydrogen) atoms. The van der Waals surface area contributed by atoms with Crippen molar-refractivity contribution in [3.8, 4) is 11.5 Å². The molecule has 1 fully saturated rings. The van der Waals surface area contributed by atoms with Gasteiger partial charge < -0.3 is 24.2 Å². The maximum Gasteiger partial charge on any atom is 0.248 e. The zero-order valence-electron chi connectivity index (χ0n) is 16.8. The summed E-state index contributed by atoms with van der Waals surface area (Å²) in [6, 6.07) is 6.17. The number of rotatable bonds is 5. The van der Waals surface area contributed by atoms with Crippen LogP contribution in [0, 0.1) is 6.92 Å². The van der Waals surface area contributed by atoms with Gasteiger partial charge in [-0.1, -0.05) is 11.2 Å². The minimum absolute atomic E-state index is 0. The molecule has 0 saturated carbocycles. The number of aryl methyl sites for hydroxylation is 1. The summed E-state index contributed by atoms with van der Waals surface area (Å²) < 4.78 is 16.0. The van der Waals surface area contributed by atoms with Crippen molar-refractivity contribution in [2.45, 2.75) is 26.9 Å². The number of hydrogen-bond acceptors (Lipinski definition) is 7. The zero-order chi connectivity index (χ0) is 19.3. The van der Waals surface area contributed by atoms with E-state index in [2.05, 4.69) is 49.3 Å². The lowest BCUT2D eigenvalue weighted by molar-refractivity contribution is 0.171. The molecule has 0 radical (unpaired) electrons. The van der Waals surface area contributed by atoms with Crippen molar-refractivity contribution in [2.75, 3.05) is 39.5 Å². The van der Waals surface area contributed by atoms with E-state index in [4.69, 9.17) is 14.0 Å². The van der Waals surface area contributed by atoms with Gasteiger partial charge in [0.25, 0.3) is 0 Å². The first kappa shape index (κ1) is 21.6. The van der Waals surface area contributed by atoms with E-state index < -0.39 is 0 Å². The lowest BCUT2D eigenvalue weighted by Crippen LogP contribution is -2.52. The summed E-state index contributed by atoms with van der Waals surface area (Å²) >= 11 is 0. The molecule has 0 aliphatic carbocycles. The molecule has 2 aliphatic rings. The Bertz CT molecular complexity index is 835. The Hall–Kier alpha value is -2.08. The lowest BCUT2D eigenvalue weighted by atomic mass is 10.1. The van der Waals surface area contributed by atoms with Crippen LogP contribution in [0.2, 0.25) is 0 Å². The normalized spacial score (nSPS) is 16.6. The molecule has 0 unspecified atom stereocenters. The minimum Gasteiger partial charge on any atom is -0.454 e. The monoisotopic (exact) mass is 514 g/mol. The van der Waals surface area contributed by atoms with Crippen LogP contribution in [-0.4, -0.2) is 65.4 Å². The summed E-state index contributed by atoms with van der Waals surface area (Å²) in [6.45, 7) is 10.1. The molecule has 4 rings (SSSR count). The van der Waals surface area contributed by atoms with Crippen molar-refractivity contribution in [1.29, 1.82) is 0 Å². The van der Waals surface area contributed by atoms with Crippen LogP contribution in [0.5, 0.6) is 11.5 Å². The molecule has 9 nitrogen and oxygen atoms in total. The molecule has 0 bridgehead atoms. The van der Waals surface area contributed by atoms with E-state index >= 15 is 0 Å². The summed E-state index contributed by atoms with van der Waals surface area (Å²) in [6.07, 6.45) is 0. The van der Waals surface area contributed by atoms with E-state index in [1.54, 1.807) is 6.92 Å². The van der Waals surface area contributed by atoms with Gasteiger partial charge in [-0.3, -0.25) is 4.90 Å². The predicted octanol–water partition coefficient (Wildman–Crippen LogP) is 2.01. The standard InChI is InChI=1S/C19H26N6O3.HI/c1-3-20-19(21-11-18-22-14(2)23-28-18)25-8-6-24(7-9-25)12-15-4-5-16-17(10-15)27-13-26-16;/h4-5,10H,3,6-9,11-13H2,1-2H3,(H,20,21);1H. The van der Waals surface area contributed by atoms with E-state index in [9.17, 15) is 0 Å². The highest BCUT2D eigenvalue weighted by Gasteiger charge is 2.21. The number of halogens is 1. The molecule has 158 valence electrons. The molecule has 0 amide bonds. The Morgan fingerprint density at radius 2 is 1.97 bits per heavy atom. The SMILES string of the molecule is CCNC(=NCc1nc(C)no1)N1CCN(Cc2ccc3c(c2)OCO3)CC1.I. The Kier molecular flexibility index (Phi) is 7.53. The fourth-order valence-corrected chi connectivity index (χ4v) is 3.39. The van der Waals surface area contributed by atoms with Crippen molar-refractivity contribution >= 4 is 29.9 Å². The summed E-state index contributed by atoms with van der Waals surface area (Å²) in [5.41, 5.74) is 1.24. The highest BCUT2D eigenvalue weighted by molar-refractivity contribution is 14.0. The molecule has 0 spiro atoms. The van der Waals surface area contributed by atoms with Crippen LogP contribution < -0.4 is 14.8 Å². The van der Waals surface area contributed by atoms with Crippen molar-refractivity contribution in [2.24, 2.45) is 4.99 Å². The summed E-state index contributed by atoms with van der Waals surface area (Å²) in [7, 11) is 0. The number of aromatic nitrogens is 2. The average Bonchev–Trinajstić information content (AvgIpc) is 3.34. The molecule has 10 heteroatoms. The van der Waals surface area contributed by atoms with Crippen LogP contribution in [0.25, 0.3) is 0 Å². The molecule has 3 heterocycles. The number of aliphatic imine (C=N–C) groups is 1. The Balaban J connectivity index is 0.00000240. The third kappa shape index (κ3) is 5.50. The smallest absolute Gasteiger partial charge is 0.248 e. The number of guanidine groups is 1. The van der Waals surface area contributed by atoms with Crippen LogP contribution >= 0.6 is 24.0 Å². The molecular formula is C19H27IN6O3. The first-order valence-electron chi connectivity index (χ1n) is 9.64. The number of fused-ring (bicyclic) bond motifs is 1. The Morgan fingerprint density at radius 3 is 2.69 bits per heavy atom. The highest BCUT2D eigenvalue weighted by atomic mass is 127. The molecule has 1 saturated heterocycles. The molecule has 1 aromatic heterocycles. The zero-order valence-corrected chi connectivity index (χ0v) is 19.1. The summed E-state index contributed by atoms with van der Waals surface area (Å²) in [5.74, 6) is 3.73. The van der Waals surface area contributed by atoms with E-state index in [-0.39, 0.29) is 24.0 Å². The number of ether oxygens (including phenoxy) is 2. The van der Waals surface area contributed by atoms with Crippen LogP contribution in [-0.2, 0) is 13.1 Å². The number of benzene rings is 1. The van der Waals surface area contributed by atoms with E-state index in [1.165, 1.54) is 5.56 Å². The van der Waals surface area contributed by atoms with Gasteiger partial charge in [-0.2, -0.15) is 4.98 Å². The fourth-order valence-electron chi connectivity index (χ4n) is 3.39. The first-order valence-corrected chi connectivity index (χ1v) is 9.64. The van der Waals surface area contributed by atoms with Crippen LogP contribution in [0.1, 0.15) is 24.2 Å². The molecular weight excluding hydrogens is 487 g/mol. The van der Waals surface area contributed by atoms with Gasteiger partial charge in [0, 0.05) is 39.3 Å². The first-order chi connectivity index (χ1) is 13.7. The van der Waals surface area contributed by atoms with Gasteiger partial charge >= 0.3 is 0 Å². The van der Waals surface area contributed by atoms with Crippen molar-refractivity contribution in [3.63, 3.8) is 0 Å². The van der Waals surface area contributed by atoms with Crippen LogP contribution in [0.3, 0.4) is 0 Å². The van der Waals surface area contributed by atoms with Crippen molar-refractivity contribution in [1.82, 2.24) is 25.3 Å². The maximum atomic E-state index is 5.48. The minimum atomic E-state index is 0. The van der Waals surface area contributed by atoms with Gasteiger partial charge in [0.1, 0.15) is 6.54 Å². The molecule has 1 aromatic carbocycles. The molecule has 0 atom stereocenters. The number of nitrogens with one attached hydrogen (secondary N) is 1. The van der Waals surface area contributed by atoms with E-state index in [0.717, 1.165) is 56.7 Å². The second kappa shape index (κ2) is 10.1. The summed E-state index contributed by atoms with van der Waals surface area (Å²) in [4.78, 5) is 13.6. The quantitative estimate of drug-likeness (QED) is 0.369. The fraction of sp³-hybridized carbons (Fsp3) is 0.526. The third-order valence-corrected chi connectivity index (χ3v) is 4.78. The number of nitrogens with zero attached hydrogens (tertiary/aromatic N) is 5. The van der Waals surface area contributed by atoms with Gasteiger partial charge in [-0.15, -0.1) is 24.0 Å².